The molecule has 0 radical (unpaired) electrons. The summed E-state index contributed by atoms with van der Waals surface area (Å²) in [7, 11) is 0. The largest absolute Gasteiger partial charge is 0.467 e. The average Bonchev–Trinajstić information content (AvgIpc) is 3.07. The van der Waals surface area contributed by atoms with Crippen molar-refractivity contribution in [2.75, 3.05) is 5.73 Å². The highest BCUT2D eigenvalue weighted by Crippen LogP contribution is 2.48. The molecule has 1 fully saturated rings. The van der Waals surface area contributed by atoms with E-state index in [2.05, 4.69) is 5.32 Å². The van der Waals surface area contributed by atoms with Crippen LogP contribution >= 0.6 is 0 Å². The van der Waals surface area contributed by atoms with Gasteiger partial charge in [-0.15, -0.1) is 0 Å². The second kappa shape index (κ2) is 4.46. The Morgan fingerprint density at radius 1 is 1.26 bits per heavy atom. The minimum atomic E-state index is -0.361. The molecule has 1 aliphatic carbocycles. The van der Waals surface area contributed by atoms with Gasteiger partial charge < -0.3 is 15.5 Å². The Bertz CT molecular complexity index is 569. The molecular formula is C15H16N2O2. The molecule has 0 aliphatic heterocycles. The second-order valence-corrected chi connectivity index (χ2v) is 4.97. The molecule has 4 nitrogen and oxygen atoms in total. The summed E-state index contributed by atoms with van der Waals surface area (Å²) in [4.78, 5) is 12.3. The number of nitrogens with one attached hydrogen (secondary N) is 1. The first-order valence-corrected chi connectivity index (χ1v) is 6.37. The average molecular weight is 256 g/mol. The number of hydrogen-bond donors (Lipinski definition) is 2. The maximum Gasteiger partial charge on any atom is 0.231 e. The van der Waals surface area contributed by atoms with E-state index >= 15 is 0 Å². The molecule has 0 bridgehead atoms. The maximum absolute atomic E-state index is 12.3. The van der Waals surface area contributed by atoms with E-state index in [-0.39, 0.29) is 11.3 Å². The summed E-state index contributed by atoms with van der Waals surface area (Å²) < 4.78 is 5.21. The van der Waals surface area contributed by atoms with E-state index in [0.29, 0.717) is 6.54 Å². The van der Waals surface area contributed by atoms with Crippen LogP contribution in [0.5, 0.6) is 0 Å². The summed E-state index contributed by atoms with van der Waals surface area (Å²) in [5.74, 6) is 0.829. The number of rotatable bonds is 4. The van der Waals surface area contributed by atoms with Crippen molar-refractivity contribution in [1.82, 2.24) is 5.32 Å². The lowest BCUT2D eigenvalue weighted by molar-refractivity contribution is -0.123. The van der Waals surface area contributed by atoms with Gasteiger partial charge in [0.2, 0.25) is 5.91 Å². The lowest BCUT2D eigenvalue weighted by Gasteiger charge is -2.15. The fraction of sp³-hybridized carbons (Fsp3) is 0.267. The van der Waals surface area contributed by atoms with E-state index in [0.717, 1.165) is 29.9 Å². The van der Waals surface area contributed by atoms with Crippen LogP contribution in [0.3, 0.4) is 0 Å². The van der Waals surface area contributed by atoms with Crippen molar-refractivity contribution in [3.05, 3.63) is 54.0 Å². The topological polar surface area (TPSA) is 68.3 Å². The Labute approximate surface area is 111 Å². The summed E-state index contributed by atoms with van der Waals surface area (Å²) >= 11 is 0. The van der Waals surface area contributed by atoms with Gasteiger partial charge in [0.15, 0.2) is 0 Å². The predicted molar refractivity (Wildman–Crippen MR) is 72.3 cm³/mol. The lowest BCUT2D eigenvalue weighted by Crippen LogP contribution is -2.34. The number of carbonyl (C=O) groups excluding carboxylic acids is 1. The first-order valence-electron chi connectivity index (χ1n) is 6.37. The van der Waals surface area contributed by atoms with Gasteiger partial charge in [0.05, 0.1) is 18.2 Å². The van der Waals surface area contributed by atoms with Gasteiger partial charge in [-0.05, 0) is 42.7 Å². The van der Waals surface area contributed by atoms with Crippen molar-refractivity contribution in [1.29, 1.82) is 0 Å². The molecule has 1 aliphatic rings. The predicted octanol–water partition coefficient (Wildman–Crippen LogP) is 2.21. The number of nitrogen functional groups attached to an aromatic ring is 1. The number of amides is 1. The van der Waals surface area contributed by atoms with Crippen LogP contribution in [-0.4, -0.2) is 5.91 Å². The molecule has 1 amide bonds. The zero-order valence-corrected chi connectivity index (χ0v) is 10.6. The number of hydrogen-bond acceptors (Lipinski definition) is 3. The van der Waals surface area contributed by atoms with Gasteiger partial charge in [0, 0.05) is 5.69 Å². The molecule has 2 aromatic rings. The molecule has 1 aromatic carbocycles. The highest BCUT2D eigenvalue weighted by atomic mass is 16.3. The molecule has 3 rings (SSSR count). The van der Waals surface area contributed by atoms with Crippen molar-refractivity contribution >= 4 is 11.6 Å². The van der Waals surface area contributed by atoms with E-state index in [1.54, 1.807) is 6.26 Å². The van der Waals surface area contributed by atoms with Crippen LogP contribution in [0.15, 0.2) is 47.1 Å². The van der Waals surface area contributed by atoms with Crippen molar-refractivity contribution in [3.8, 4) is 0 Å². The van der Waals surface area contributed by atoms with Crippen molar-refractivity contribution < 1.29 is 9.21 Å². The molecule has 19 heavy (non-hydrogen) atoms. The first kappa shape index (κ1) is 11.8. The fourth-order valence-electron chi connectivity index (χ4n) is 2.32. The second-order valence-electron chi connectivity index (χ2n) is 4.97. The summed E-state index contributed by atoms with van der Waals surface area (Å²) in [5.41, 5.74) is 7.07. The van der Waals surface area contributed by atoms with Crippen LogP contribution in [-0.2, 0) is 16.8 Å². The number of benzene rings is 1. The van der Waals surface area contributed by atoms with Gasteiger partial charge in [-0.1, -0.05) is 12.1 Å². The summed E-state index contributed by atoms with van der Waals surface area (Å²) in [6.45, 7) is 0.433. The fourth-order valence-corrected chi connectivity index (χ4v) is 2.32. The van der Waals surface area contributed by atoms with Gasteiger partial charge in [-0.2, -0.15) is 0 Å². The van der Waals surface area contributed by atoms with Crippen LogP contribution in [0.4, 0.5) is 5.69 Å². The molecule has 98 valence electrons. The Morgan fingerprint density at radius 2 is 2.00 bits per heavy atom. The Balaban J connectivity index is 1.70. The number of furan rings is 1. The number of carbonyl (C=O) groups is 1. The summed E-state index contributed by atoms with van der Waals surface area (Å²) in [6, 6.07) is 11.2. The monoisotopic (exact) mass is 256 g/mol. The zero-order valence-electron chi connectivity index (χ0n) is 10.6. The van der Waals surface area contributed by atoms with Crippen LogP contribution in [0.2, 0.25) is 0 Å². The maximum atomic E-state index is 12.3. The van der Waals surface area contributed by atoms with Gasteiger partial charge in [0.25, 0.3) is 0 Å². The van der Waals surface area contributed by atoms with Crippen molar-refractivity contribution in [3.63, 3.8) is 0 Å². The van der Waals surface area contributed by atoms with Crippen LogP contribution in [0, 0.1) is 0 Å². The standard InChI is InChI=1S/C15H16N2O2/c16-12-5-3-11(4-6-12)15(7-8-15)14(18)17-10-13-2-1-9-19-13/h1-6,9H,7-8,10,16H2,(H,17,18). The molecule has 0 unspecified atom stereocenters. The number of anilines is 1. The van der Waals surface area contributed by atoms with Crippen LogP contribution in [0.1, 0.15) is 24.2 Å². The van der Waals surface area contributed by atoms with Gasteiger partial charge in [-0.3, -0.25) is 4.79 Å². The van der Waals surface area contributed by atoms with Crippen molar-refractivity contribution in [2.45, 2.75) is 24.8 Å². The van der Waals surface area contributed by atoms with E-state index in [1.807, 2.05) is 36.4 Å². The Morgan fingerprint density at radius 3 is 2.58 bits per heavy atom. The molecule has 0 saturated heterocycles. The van der Waals surface area contributed by atoms with E-state index in [9.17, 15) is 4.79 Å². The van der Waals surface area contributed by atoms with Gasteiger partial charge >= 0.3 is 0 Å². The summed E-state index contributed by atoms with van der Waals surface area (Å²) in [6.07, 6.45) is 3.39. The third kappa shape index (κ3) is 2.21. The molecular weight excluding hydrogens is 240 g/mol. The smallest absolute Gasteiger partial charge is 0.231 e. The molecule has 0 spiro atoms. The Hall–Kier alpha value is -2.23. The van der Waals surface area contributed by atoms with E-state index in [4.69, 9.17) is 10.2 Å². The molecule has 0 atom stereocenters. The van der Waals surface area contributed by atoms with Gasteiger partial charge in [0.1, 0.15) is 5.76 Å². The molecule has 1 heterocycles. The van der Waals surface area contributed by atoms with E-state index < -0.39 is 0 Å². The van der Waals surface area contributed by atoms with Crippen molar-refractivity contribution in [2.24, 2.45) is 0 Å². The van der Waals surface area contributed by atoms with E-state index in [1.165, 1.54) is 0 Å². The first-order chi connectivity index (χ1) is 9.21. The third-order valence-electron chi connectivity index (χ3n) is 3.65. The highest BCUT2D eigenvalue weighted by molar-refractivity contribution is 5.91. The third-order valence-corrected chi connectivity index (χ3v) is 3.65. The highest BCUT2D eigenvalue weighted by Gasteiger charge is 2.51. The minimum absolute atomic E-state index is 0.0636. The number of nitrogens with two attached hydrogens (primary N) is 1. The van der Waals surface area contributed by atoms with Crippen LogP contribution < -0.4 is 11.1 Å². The zero-order chi connectivity index (χ0) is 13.3. The minimum Gasteiger partial charge on any atom is -0.467 e. The van der Waals surface area contributed by atoms with Gasteiger partial charge in [-0.25, -0.2) is 0 Å². The normalized spacial score (nSPS) is 16.0. The van der Waals surface area contributed by atoms with Crippen LogP contribution in [0.25, 0.3) is 0 Å². The summed E-state index contributed by atoms with van der Waals surface area (Å²) in [5, 5.41) is 2.94. The Kier molecular flexibility index (Phi) is 2.78. The quantitative estimate of drug-likeness (QED) is 0.824. The molecule has 1 aromatic heterocycles. The molecule has 3 N–H and O–H groups in total. The molecule has 4 heteroatoms. The lowest BCUT2D eigenvalue weighted by atomic mass is 9.95. The SMILES string of the molecule is Nc1ccc(C2(C(=O)NCc3ccco3)CC2)cc1. The molecule has 1 saturated carbocycles.